The fourth-order valence-corrected chi connectivity index (χ4v) is 3.01. The number of ether oxygens (including phenoxy) is 1. The molecule has 148 valence electrons. The van der Waals surface area contributed by atoms with E-state index in [1.165, 1.54) is 11.9 Å². The number of hydrogen-bond acceptors (Lipinski definition) is 5. The SMILES string of the molecule is CNC(=O)c1cccc(COC(=O)N(C)CC(=O)NC2CCCCC2O)c1. The van der Waals surface area contributed by atoms with Gasteiger partial charge in [-0.15, -0.1) is 0 Å². The van der Waals surface area contributed by atoms with Crippen LogP contribution in [0.5, 0.6) is 0 Å². The largest absolute Gasteiger partial charge is 0.445 e. The first-order chi connectivity index (χ1) is 12.9. The lowest BCUT2D eigenvalue weighted by molar-refractivity contribution is -0.123. The molecule has 2 atom stereocenters. The maximum absolute atomic E-state index is 12.1. The van der Waals surface area contributed by atoms with Gasteiger partial charge in [0.1, 0.15) is 13.2 Å². The fourth-order valence-electron chi connectivity index (χ4n) is 3.01. The van der Waals surface area contributed by atoms with Crippen LogP contribution in [0.3, 0.4) is 0 Å². The minimum atomic E-state index is -0.639. The molecule has 8 heteroatoms. The maximum Gasteiger partial charge on any atom is 0.410 e. The van der Waals surface area contributed by atoms with Gasteiger partial charge < -0.3 is 25.4 Å². The number of carbonyl (C=O) groups excluding carboxylic acids is 3. The summed E-state index contributed by atoms with van der Waals surface area (Å²) in [6.07, 6.45) is 2.17. The highest BCUT2D eigenvalue weighted by atomic mass is 16.6. The van der Waals surface area contributed by atoms with Gasteiger partial charge in [0, 0.05) is 19.7 Å². The Bertz CT molecular complexity index is 679. The Kier molecular flexibility index (Phi) is 7.60. The van der Waals surface area contributed by atoms with Crippen molar-refractivity contribution in [3.8, 4) is 0 Å². The molecule has 0 saturated heterocycles. The molecule has 0 radical (unpaired) electrons. The molecule has 3 amide bonds. The summed E-state index contributed by atoms with van der Waals surface area (Å²) in [6.45, 7) is -0.155. The number of carbonyl (C=O) groups is 3. The van der Waals surface area contributed by atoms with Gasteiger partial charge in [-0.3, -0.25) is 9.59 Å². The molecule has 0 spiro atoms. The van der Waals surface area contributed by atoms with Crippen molar-refractivity contribution in [2.45, 2.75) is 44.4 Å². The molecule has 0 aliphatic heterocycles. The summed E-state index contributed by atoms with van der Waals surface area (Å²) in [5.41, 5.74) is 1.15. The van der Waals surface area contributed by atoms with E-state index in [0.717, 1.165) is 19.3 Å². The molecule has 0 heterocycles. The Hall–Kier alpha value is -2.61. The molecule has 1 fully saturated rings. The Morgan fingerprint density at radius 3 is 2.70 bits per heavy atom. The van der Waals surface area contributed by atoms with Crippen molar-refractivity contribution in [1.29, 1.82) is 0 Å². The first-order valence-corrected chi connectivity index (χ1v) is 9.07. The van der Waals surface area contributed by atoms with Crippen molar-refractivity contribution in [3.63, 3.8) is 0 Å². The topological polar surface area (TPSA) is 108 Å². The summed E-state index contributed by atoms with van der Waals surface area (Å²) in [5.74, 6) is -0.552. The number of nitrogens with zero attached hydrogens (tertiary/aromatic N) is 1. The van der Waals surface area contributed by atoms with Gasteiger partial charge in [0.2, 0.25) is 5.91 Å². The van der Waals surface area contributed by atoms with Gasteiger partial charge in [0.05, 0.1) is 12.1 Å². The van der Waals surface area contributed by atoms with Crippen LogP contribution in [-0.2, 0) is 16.1 Å². The standard InChI is InChI=1S/C19H27N3O5/c1-20-18(25)14-7-5-6-13(10-14)12-27-19(26)22(2)11-17(24)21-15-8-3-4-9-16(15)23/h5-7,10,15-16,23H,3-4,8-9,11-12H2,1-2H3,(H,20,25)(H,21,24). The third-order valence-corrected chi connectivity index (χ3v) is 4.55. The molecule has 8 nitrogen and oxygen atoms in total. The number of aliphatic hydroxyl groups excluding tert-OH is 1. The Morgan fingerprint density at radius 1 is 1.26 bits per heavy atom. The van der Waals surface area contributed by atoms with Crippen LogP contribution < -0.4 is 10.6 Å². The van der Waals surface area contributed by atoms with Crippen LogP contribution in [0.2, 0.25) is 0 Å². The normalized spacial score (nSPS) is 19.1. The second-order valence-electron chi connectivity index (χ2n) is 6.72. The lowest BCUT2D eigenvalue weighted by Gasteiger charge is -2.29. The van der Waals surface area contributed by atoms with Crippen LogP contribution in [0.25, 0.3) is 0 Å². The number of rotatable bonds is 6. The quantitative estimate of drug-likeness (QED) is 0.686. The lowest BCUT2D eigenvalue weighted by Crippen LogP contribution is -2.48. The second kappa shape index (κ2) is 9.91. The monoisotopic (exact) mass is 377 g/mol. The molecule has 1 aliphatic rings. The van der Waals surface area contributed by atoms with E-state index in [4.69, 9.17) is 4.74 Å². The van der Waals surface area contributed by atoms with Crippen LogP contribution in [0.4, 0.5) is 4.79 Å². The zero-order chi connectivity index (χ0) is 19.8. The van der Waals surface area contributed by atoms with E-state index in [9.17, 15) is 19.5 Å². The minimum Gasteiger partial charge on any atom is -0.445 e. The third kappa shape index (κ3) is 6.25. The summed E-state index contributed by atoms with van der Waals surface area (Å²) in [6, 6.07) is 6.50. The molecule has 2 unspecified atom stereocenters. The summed E-state index contributed by atoms with van der Waals surface area (Å²) in [4.78, 5) is 37.0. The van der Waals surface area contributed by atoms with E-state index in [1.54, 1.807) is 31.3 Å². The average molecular weight is 377 g/mol. The van der Waals surface area contributed by atoms with Gasteiger partial charge in [0.25, 0.3) is 5.91 Å². The number of aliphatic hydroxyl groups is 1. The van der Waals surface area contributed by atoms with Crippen LogP contribution >= 0.6 is 0 Å². The fraction of sp³-hybridized carbons (Fsp3) is 0.526. The summed E-state index contributed by atoms with van der Waals surface area (Å²) >= 11 is 0. The first kappa shape index (κ1) is 20.7. The van der Waals surface area contributed by atoms with Gasteiger partial charge in [-0.25, -0.2) is 4.79 Å². The van der Waals surface area contributed by atoms with Gasteiger partial charge in [-0.1, -0.05) is 25.0 Å². The molecule has 27 heavy (non-hydrogen) atoms. The van der Waals surface area contributed by atoms with Gasteiger partial charge in [0.15, 0.2) is 0 Å². The summed E-state index contributed by atoms with van der Waals surface area (Å²) in [7, 11) is 3.02. The lowest BCUT2D eigenvalue weighted by atomic mass is 9.92. The van der Waals surface area contributed by atoms with E-state index < -0.39 is 12.2 Å². The maximum atomic E-state index is 12.1. The van der Waals surface area contributed by atoms with Crippen LogP contribution in [0.15, 0.2) is 24.3 Å². The number of hydrogen-bond donors (Lipinski definition) is 3. The molecule has 1 aliphatic carbocycles. The molecule has 3 N–H and O–H groups in total. The zero-order valence-corrected chi connectivity index (χ0v) is 15.7. The molecular weight excluding hydrogens is 350 g/mol. The highest BCUT2D eigenvalue weighted by Gasteiger charge is 2.25. The molecular formula is C19H27N3O5. The Morgan fingerprint density at radius 2 is 2.00 bits per heavy atom. The molecule has 1 saturated carbocycles. The average Bonchev–Trinajstić information content (AvgIpc) is 2.67. The number of nitrogens with one attached hydrogen (secondary N) is 2. The highest BCUT2D eigenvalue weighted by Crippen LogP contribution is 2.18. The zero-order valence-electron chi connectivity index (χ0n) is 15.7. The Balaban J connectivity index is 1.79. The minimum absolute atomic E-state index is 0.00301. The number of benzene rings is 1. The summed E-state index contributed by atoms with van der Waals surface area (Å²) < 4.78 is 5.20. The van der Waals surface area contributed by atoms with E-state index >= 15 is 0 Å². The van der Waals surface area contributed by atoms with E-state index in [1.807, 2.05) is 0 Å². The summed E-state index contributed by atoms with van der Waals surface area (Å²) in [5, 5.41) is 15.2. The second-order valence-corrected chi connectivity index (χ2v) is 6.72. The van der Waals surface area contributed by atoms with Crippen molar-refractivity contribution in [2.75, 3.05) is 20.6 Å². The predicted molar refractivity (Wildman–Crippen MR) is 99.1 cm³/mol. The molecule has 2 rings (SSSR count). The van der Waals surface area contributed by atoms with Crippen molar-refractivity contribution in [2.24, 2.45) is 0 Å². The molecule has 1 aromatic carbocycles. The molecule has 1 aromatic rings. The van der Waals surface area contributed by atoms with E-state index in [0.29, 0.717) is 17.5 Å². The Labute approximate surface area is 158 Å². The van der Waals surface area contributed by atoms with Crippen LogP contribution in [0, 0.1) is 0 Å². The van der Waals surface area contributed by atoms with E-state index in [-0.39, 0.29) is 31.0 Å². The predicted octanol–water partition coefficient (Wildman–Crippen LogP) is 1.03. The smallest absolute Gasteiger partial charge is 0.410 e. The first-order valence-electron chi connectivity index (χ1n) is 9.07. The molecule has 0 bridgehead atoms. The van der Waals surface area contributed by atoms with Gasteiger partial charge in [-0.05, 0) is 30.5 Å². The number of amides is 3. The van der Waals surface area contributed by atoms with Crippen LogP contribution in [-0.4, -0.2) is 60.7 Å². The van der Waals surface area contributed by atoms with Crippen LogP contribution in [0.1, 0.15) is 41.6 Å². The highest BCUT2D eigenvalue weighted by molar-refractivity contribution is 5.94. The third-order valence-electron chi connectivity index (χ3n) is 4.55. The van der Waals surface area contributed by atoms with Crippen molar-refractivity contribution >= 4 is 17.9 Å². The van der Waals surface area contributed by atoms with E-state index in [2.05, 4.69) is 10.6 Å². The van der Waals surface area contributed by atoms with Crippen molar-refractivity contribution < 1.29 is 24.2 Å². The van der Waals surface area contributed by atoms with Crippen molar-refractivity contribution in [3.05, 3.63) is 35.4 Å². The van der Waals surface area contributed by atoms with Gasteiger partial charge >= 0.3 is 6.09 Å². The molecule has 0 aromatic heterocycles. The number of likely N-dealkylation sites (N-methyl/N-ethyl adjacent to an activating group) is 1. The van der Waals surface area contributed by atoms with Gasteiger partial charge in [-0.2, -0.15) is 0 Å². The van der Waals surface area contributed by atoms with Crippen molar-refractivity contribution in [1.82, 2.24) is 15.5 Å².